The summed E-state index contributed by atoms with van der Waals surface area (Å²) >= 11 is 1.37. The first-order chi connectivity index (χ1) is 11.1. The topological polar surface area (TPSA) is 60.2 Å². The van der Waals surface area contributed by atoms with Crippen LogP contribution in [0.4, 0.5) is 0 Å². The van der Waals surface area contributed by atoms with Crippen molar-refractivity contribution >= 4 is 17.7 Å². The SMILES string of the molecule is CC1CN(C(=O)CSc2ncn(-c3ccccc3)n2)CC(C)O1. The lowest BCUT2D eigenvalue weighted by Gasteiger charge is -2.35. The molecule has 2 aromatic rings. The number of amides is 1. The second kappa shape index (κ2) is 7.14. The molecule has 2 atom stereocenters. The van der Waals surface area contributed by atoms with Gasteiger partial charge < -0.3 is 9.64 Å². The van der Waals surface area contributed by atoms with Crippen LogP contribution in [0.3, 0.4) is 0 Å². The maximum absolute atomic E-state index is 12.3. The molecule has 122 valence electrons. The lowest BCUT2D eigenvalue weighted by Crippen LogP contribution is -2.48. The van der Waals surface area contributed by atoms with E-state index in [4.69, 9.17) is 4.74 Å². The quantitative estimate of drug-likeness (QED) is 0.802. The van der Waals surface area contributed by atoms with Gasteiger partial charge in [0.2, 0.25) is 11.1 Å². The van der Waals surface area contributed by atoms with E-state index in [0.29, 0.717) is 24.0 Å². The summed E-state index contributed by atoms with van der Waals surface area (Å²) in [7, 11) is 0. The van der Waals surface area contributed by atoms with Crippen LogP contribution in [0.25, 0.3) is 5.69 Å². The fraction of sp³-hybridized carbons (Fsp3) is 0.438. The van der Waals surface area contributed by atoms with E-state index in [1.54, 1.807) is 11.0 Å². The zero-order valence-corrected chi connectivity index (χ0v) is 14.1. The molecule has 7 heteroatoms. The standard InChI is InChI=1S/C16H20N4O2S/c1-12-8-19(9-13(2)22-12)15(21)10-23-16-17-11-20(18-16)14-6-4-3-5-7-14/h3-7,11-13H,8-10H2,1-2H3. The van der Waals surface area contributed by atoms with Crippen LogP contribution >= 0.6 is 11.8 Å². The van der Waals surface area contributed by atoms with Crippen molar-refractivity contribution in [2.24, 2.45) is 0 Å². The van der Waals surface area contributed by atoms with Gasteiger partial charge in [-0.15, -0.1) is 5.10 Å². The monoisotopic (exact) mass is 332 g/mol. The number of hydrogen-bond acceptors (Lipinski definition) is 5. The number of morpholine rings is 1. The van der Waals surface area contributed by atoms with Crippen LogP contribution in [0.2, 0.25) is 0 Å². The molecule has 1 aromatic heterocycles. The minimum absolute atomic E-state index is 0.0862. The van der Waals surface area contributed by atoms with Crippen LogP contribution < -0.4 is 0 Å². The van der Waals surface area contributed by atoms with Gasteiger partial charge in [0.25, 0.3) is 0 Å². The fourth-order valence-electron chi connectivity index (χ4n) is 2.62. The highest BCUT2D eigenvalue weighted by Crippen LogP contribution is 2.17. The summed E-state index contributed by atoms with van der Waals surface area (Å²) in [6, 6.07) is 9.79. The highest BCUT2D eigenvalue weighted by atomic mass is 32.2. The zero-order valence-electron chi connectivity index (χ0n) is 13.3. The smallest absolute Gasteiger partial charge is 0.233 e. The van der Waals surface area contributed by atoms with E-state index in [0.717, 1.165) is 5.69 Å². The number of nitrogens with zero attached hydrogens (tertiary/aromatic N) is 4. The molecule has 6 nitrogen and oxygen atoms in total. The Hall–Kier alpha value is -1.86. The second-order valence-electron chi connectivity index (χ2n) is 5.65. The van der Waals surface area contributed by atoms with Crippen molar-refractivity contribution in [2.45, 2.75) is 31.2 Å². The molecule has 0 radical (unpaired) electrons. The highest BCUT2D eigenvalue weighted by Gasteiger charge is 2.25. The van der Waals surface area contributed by atoms with Gasteiger partial charge in [-0.3, -0.25) is 4.79 Å². The Labute approximate surface area is 139 Å². The van der Waals surface area contributed by atoms with Crippen molar-refractivity contribution in [1.29, 1.82) is 0 Å². The molecule has 0 aliphatic carbocycles. The third-order valence-corrected chi connectivity index (χ3v) is 4.43. The molecule has 1 aliphatic heterocycles. The van der Waals surface area contributed by atoms with Crippen molar-refractivity contribution in [2.75, 3.05) is 18.8 Å². The van der Waals surface area contributed by atoms with E-state index in [2.05, 4.69) is 10.1 Å². The van der Waals surface area contributed by atoms with Gasteiger partial charge >= 0.3 is 0 Å². The normalized spacial score (nSPS) is 21.4. The van der Waals surface area contributed by atoms with E-state index >= 15 is 0 Å². The number of aromatic nitrogens is 3. The molecule has 0 spiro atoms. The minimum Gasteiger partial charge on any atom is -0.372 e. The van der Waals surface area contributed by atoms with Crippen molar-refractivity contribution in [1.82, 2.24) is 19.7 Å². The Morgan fingerprint density at radius 2 is 1.96 bits per heavy atom. The van der Waals surface area contributed by atoms with Gasteiger partial charge in [0.1, 0.15) is 6.33 Å². The first-order valence-electron chi connectivity index (χ1n) is 7.65. The van der Waals surface area contributed by atoms with Gasteiger partial charge in [0, 0.05) is 13.1 Å². The predicted molar refractivity (Wildman–Crippen MR) is 88.7 cm³/mol. The minimum atomic E-state index is 0.0862. The Kier molecular flexibility index (Phi) is 4.97. The van der Waals surface area contributed by atoms with Gasteiger partial charge in [-0.05, 0) is 26.0 Å². The number of para-hydroxylation sites is 1. The lowest BCUT2D eigenvalue weighted by atomic mass is 10.2. The summed E-state index contributed by atoms with van der Waals surface area (Å²) in [5.41, 5.74) is 0.953. The predicted octanol–water partition coefficient (Wildman–Crippen LogP) is 2.00. The largest absolute Gasteiger partial charge is 0.372 e. The van der Waals surface area contributed by atoms with E-state index in [-0.39, 0.29) is 18.1 Å². The Morgan fingerprint density at radius 3 is 2.65 bits per heavy atom. The molecule has 2 unspecified atom stereocenters. The molecular weight excluding hydrogens is 312 g/mol. The maximum Gasteiger partial charge on any atom is 0.233 e. The number of ether oxygens (including phenoxy) is 1. The number of carbonyl (C=O) groups excluding carboxylic acids is 1. The van der Waals surface area contributed by atoms with Crippen LogP contribution in [0.15, 0.2) is 41.8 Å². The second-order valence-corrected chi connectivity index (χ2v) is 6.59. The highest BCUT2D eigenvalue weighted by molar-refractivity contribution is 7.99. The van der Waals surface area contributed by atoms with E-state index in [1.165, 1.54) is 11.8 Å². The summed E-state index contributed by atoms with van der Waals surface area (Å²) in [6.07, 6.45) is 1.84. The van der Waals surface area contributed by atoms with Crippen molar-refractivity contribution in [3.05, 3.63) is 36.7 Å². The van der Waals surface area contributed by atoms with Gasteiger partial charge in [-0.2, -0.15) is 0 Å². The third kappa shape index (κ3) is 4.11. The Bertz CT molecular complexity index is 651. The Morgan fingerprint density at radius 1 is 1.26 bits per heavy atom. The number of benzene rings is 1. The van der Waals surface area contributed by atoms with Crippen LogP contribution in [0, 0.1) is 0 Å². The summed E-state index contributed by atoms with van der Waals surface area (Å²) in [6.45, 7) is 5.28. The molecular formula is C16H20N4O2S. The van der Waals surface area contributed by atoms with Gasteiger partial charge in [-0.1, -0.05) is 30.0 Å². The van der Waals surface area contributed by atoms with Crippen molar-refractivity contribution in [3.63, 3.8) is 0 Å². The molecule has 23 heavy (non-hydrogen) atoms. The zero-order chi connectivity index (χ0) is 16.2. The molecule has 1 aromatic carbocycles. The molecule has 0 bridgehead atoms. The molecule has 0 N–H and O–H groups in total. The number of rotatable bonds is 4. The number of carbonyl (C=O) groups is 1. The summed E-state index contributed by atoms with van der Waals surface area (Å²) in [5.74, 6) is 0.450. The average molecular weight is 332 g/mol. The van der Waals surface area contributed by atoms with E-state index in [9.17, 15) is 4.79 Å². The summed E-state index contributed by atoms with van der Waals surface area (Å²) in [4.78, 5) is 18.4. The summed E-state index contributed by atoms with van der Waals surface area (Å²) < 4.78 is 7.37. The average Bonchev–Trinajstić information content (AvgIpc) is 3.01. The van der Waals surface area contributed by atoms with Crippen molar-refractivity contribution < 1.29 is 9.53 Å². The van der Waals surface area contributed by atoms with Crippen LogP contribution in [0.5, 0.6) is 0 Å². The van der Waals surface area contributed by atoms with Crippen LogP contribution in [-0.2, 0) is 9.53 Å². The van der Waals surface area contributed by atoms with Crippen LogP contribution in [0.1, 0.15) is 13.8 Å². The maximum atomic E-state index is 12.3. The van der Waals surface area contributed by atoms with E-state index < -0.39 is 0 Å². The van der Waals surface area contributed by atoms with Gasteiger partial charge in [-0.25, -0.2) is 9.67 Å². The lowest BCUT2D eigenvalue weighted by molar-refractivity contribution is -0.140. The first-order valence-corrected chi connectivity index (χ1v) is 8.63. The molecule has 0 saturated carbocycles. The fourth-order valence-corrected chi connectivity index (χ4v) is 3.32. The number of thioether (sulfide) groups is 1. The first kappa shape index (κ1) is 16.0. The van der Waals surface area contributed by atoms with Gasteiger partial charge in [0.05, 0.1) is 23.6 Å². The molecule has 2 heterocycles. The Balaban J connectivity index is 1.56. The number of hydrogen-bond donors (Lipinski definition) is 0. The molecule has 1 fully saturated rings. The van der Waals surface area contributed by atoms with Crippen molar-refractivity contribution in [3.8, 4) is 5.69 Å². The third-order valence-electron chi connectivity index (χ3n) is 3.59. The van der Waals surface area contributed by atoms with E-state index in [1.807, 2.05) is 49.1 Å². The molecule has 3 rings (SSSR count). The van der Waals surface area contributed by atoms with Crippen LogP contribution in [-0.4, -0.2) is 56.6 Å². The molecule has 1 amide bonds. The van der Waals surface area contributed by atoms with Gasteiger partial charge in [0.15, 0.2) is 0 Å². The summed E-state index contributed by atoms with van der Waals surface area (Å²) in [5, 5.41) is 5.01. The molecule has 1 saturated heterocycles. The molecule has 1 aliphatic rings.